The molecule has 0 bridgehead atoms. The lowest BCUT2D eigenvalue weighted by atomic mass is 9.88. The van der Waals surface area contributed by atoms with Crippen molar-refractivity contribution in [2.75, 3.05) is 40.1 Å². The molecule has 1 aliphatic rings. The first-order valence-electron chi connectivity index (χ1n) is 7.20. The molecule has 108 valence electrons. The van der Waals surface area contributed by atoms with Crippen LogP contribution in [0, 0.1) is 0 Å². The fraction of sp³-hybridized carbons (Fsp3) is 1.00. The maximum atomic E-state index is 6.41. The minimum atomic E-state index is 0.0212. The molecule has 0 aromatic heterocycles. The van der Waals surface area contributed by atoms with Gasteiger partial charge in [0.05, 0.1) is 26.4 Å². The minimum absolute atomic E-state index is 0.0212. The predicted octanol–water partition coefficient (Wildman–Crippen LogP) is 2.11. The van der Waals surface area contributed by atoms with Crippen LogP contribution in [0.3, 0.4) is 0 Å². The summed E-state index contributed by atoms with van der Waals surface area (Å²) in [6.07, 6.45) is 8.51. The van der Waals surface area contributed by atoms with Gasteiger partial charge in [0.15, 0.2) is 0 Å². The Bertz CT molecular complexity index is 191. The standard InChI is InChI=1S/C14H29NO3/c1-16-10-11-18-13-12-17-9-8-14(15)6-4-2-3-5-7-14/h2-13,15H2,1H3. The molecule has 18 heavy (non-hydrogen) atoms. The summed E-state index contributed by atoms with van der Waals surface area (Å²) in [5.41, 5.74) is 6.43. The first-order valence-corrected chi connectivity index (χ1v) is 7.20. The molecule has 0 atom stereocenters. The van der Waals surface area contributed by atoms with E-state index in [9.17, 15) is 0 Å². The second kappa shape index (κ2) is 9.73. The highest BCUT2D eigenvalue weighted by Crippen LogP contribution is 2.27. The molecule has 4 nitrogen and oxygen atoms in total. The summed E-state index contributed by atoms with van der Waals surface area (Å²) in [4.78, 5) is 0. The van der Waals surface area contributed by atoms with Crippen LogP contribution in [0.15, 0.2) is 0 Å². The molecule has 0 amide bonds. The fourth-order valence-electron chi connectivity index (χ4n) is 2.42. The van der Waals surface area contributed by atoms with Gasteiger partial charge in [0, 0.05) is 19.3 Å². The Labute approximate surface area is 111 Å². The Morgan fingerprint density at radius 1 is 0.833 bits per heavy atom. The Hall–Kier alpha value is -0.160. The Morgan fingerprint density at radius 2 is 1.39 bits per heavy atom. The van der Waals surface area contributed by atoms with Gasteiger partial charge < -0.3 is 19.9 Å². The van der Waals surface area contributed by atoms with E-state index in [1.807, 2.05) is 0 Å². The van der Waals surface area contributed by atoms with E-state index in [0.717, 1.165) is 25.9 Å². The van der Waals surface area contributed by atoms with Crippen LogP contribution in [-0.4, -0.2) is 45.7 Å². The van der Waals surface area contributed by atoms with Crippen molar-refractivity contribution in [3.05, 3.63) is 0 Å². The van der Waals surface area contributed by atoms with Crippen LogP contribution in [0.2, 0.25) is 0 Å². The lowest BCUT2D eigenvalue weighted by Gasteiger charge is -2.27. The highest BCUT2D eigenvalue weighted by atomic mass is 16.5. The van der Waals surface area contributed by atoms with E-state index in [1.54, 1.807) is 7.11 Å². The van der Waals surface area contributed by atoms with Crippen LogP contribution < -0.4 is 5.73 Å². The molecular formula is C14H29NO3. The van der Waals surface area contributed by atoms with Crippen LogP contribution in [0.25, 0.3) is 0 Å². The average Bonchev–Trinajstić information content (AvgIpc) is 2.58. The third-order valence-corrected chi connectivity index (χ3v) is 3.65. The van der Waals surface area contributed by atoms with Crippen molar-refractivity contribution in [2.24, 2.45) is 5.73 Å². The summed E-state index contributed by atoms with van der Waals surface area (Å²) in [6.45, 7) is 3.33. The van der Waals surface area contributed by atoms with E-state index in [0.29, 0.717) is 26.4 Å². The second-order valence-electron chi connectivity index (χ2n) is 5.24. The minimum Gasteiger partial charge on any atom is -0.382 e. The SMILES string of the molecule is COCCOCCOCCC1(N)CCCCCC1. The molecule has 0 unspecified atom stereocenters. The summed E-state index contributed by atoms with van der Waals surface area (Å²) >= 11 is 0. The molecule has 0 aliphatic heterocycles. The van der Waals surface area contributed by atoms with E-state index in [1.165, 1.54) is 25.7 Å². The van der Waals surface area contributed by atoms with E-state index in [2.05, 4.69) is 0 Å². The van der Waals surface area contributed by atoms with Crippen molar-refractivity contribution in [1.82, 2.24) is 0 Å². The van der Waals surface area contributed by atoms with Crippen molar-refractivity contribution in [3.8, 4) is 0 Å². The van der Waals surface area contributed by atoms with Crippen molar-refractivity contribution >= 4 is 0 Å². The average molecular weight is 259 g/mol. The summed E-state index contributed by atoms with van der Waals surface area (Å²) in [6, 6.07) is 0. The molecule has 0 heterocycles. The lowest BCUT2D eigenvalue weighted by molar-refractivity contribution is 0.0202. The Balaban J connectivity index is 1.95. The number of nitrogens with two attached hydrogens (primary N) is 1. The Kier molecular flexibility index (Phi) is 8.59. The van der Waals surface area contributed by atoms with Crippen LogP contribution in [-0.2, 0) is 14.2 Å². The fourth-order valence-corrected chi connectivity index (χ4v) is 2.42. The molecule has 4 heteroatoms. The van der Waals surface area contributed by atoms with Crippen LogP contribution in [0.1, 0.15) is 44.9 Å². The second-order valence-corrected chi connectivity index (χ2v) is 5.24. The van der Waals surface area contributed by atoms with Gasteiger partial charge in [0.1, 0.15) is 0 Å². The van der Waals surface area contributed by atoms with Crippen molar-refractivity contribution in [2.45, 2.75) is 50.5 Å². The highest BCUT2D eigenvalue weighted by molar-refractivity contribution is 4.85. The van der Waals surface area contributed by atoms with Crippen LogP contribution >= 0.6 is 0 Å². The number of rotatable bonds is 9. The summed E-state index contributed by atoms with van der Waals surface area (Å²) in [5, 5.41) is 0. The van der Waals surface area contributed by atoms with Crippen molar-refractivity contribution in [3.63, 3.8) is 0 Å². The quantitative estimate of drug-likeness (QED) is 0.509. The van der Waals surface area contributed by atoms with Gasteiger partial charge in [-0.1, -0.05) is 25.7 Å². The van der Waals surface area contributed by atoms with Gasteiger partial charge in [-0.2, -0.15) is 0 Å². The van der Waals surface area contributed by atoms with Crippen LogP contribution in [0.5, 0.6) is 0 Å². The highest BCUT2D eigenvalue weighted by Gasteiger charge is 2.25. The monoisotopic (exact) mass is 259 g/mol. The van der Waals surface area contributed by atoms with E-state index >= 15 is 0 Å². The first-order chi connectivity index (χ1) is 8.77. The van der Waals surface area contributed by atoms with E-state index in [4.69, 9.17) is 19.9 Å². The molecule has 0 aromatic carbocycles. The molecule has 1 rings (SSSR count). The molecular weight excluding hydrogens is 230 g/mol. The van der Waals surface area contributed by atoms with Gasteiger partial charge in [-0.05, 0) is 19.3 Å². The normalized spacial score (nSPS) is 19.7. The molecule has 1 fully saturated rings. The topological polar surface area (TPSA) is 53.7 Å². The molecule has 0 aromatic rings. The molecule has 0 saturated heterocycles. The summed E-state index contributed by atoms with van der Waals surface area (Å²) in [7, 11) is 1.67. The number of hydrogen-bond acceptors (Lipinski definition) is 4. The van der Waals surface area contributed by atoms with Gasteiger partial charge in [0.2, 0.25) is 0 Å². The van der Waals surface area contributed by atoms with Gasteiger partial charge in [-0.25, -0.2) is 0 Å². The zero-order chi connectivity index (χ0) is 13.1. The summed E-state index contributed by atoms with van der Waals surface area (Å²) < 4.78 is 15.8. The molecule has 0 radical (unpaired) electrons. The summed E-state index contributed by atoms with van der Waals surface area (Å²) in [5.74, 6) is 0. The zero-order valence-corrected chi connectivity index (χ0v) is 11.8. The van der Waals surface area contributed by atoms with Gasteiger partial charge in [-0.3, -0.25) is 0 Å². The third kappa shape index (κ3) is 7.31. The van der Waals surface area contributed by atoms with Crippen molar-refractivity contribution < 1.29 is 14.2 Å². The lowest BCUT2D eigenvalue weighted by Crippen LogP contribution is -2.40. The molecule has 1 aliphatic carbocycles. The Morgan fingerprint density at radius 3 is 2.00 bits per heavy atom. The van der Waals surface area contributed by atoms with Gasteiger partial charge in [0.25, 0.3) is 0 Å². The van der Waals surface area contributed by atoms with Crippen LogP contribution in [0.4, 0.5) is 0 Å². The zero-order valence-electron chi connectivity index (χ0n) is 11.8. The third-order valence-electron chi connectivity index (χ3n) is 3.65. The van der Waals surface area contributed by atoms with Gasteiger partial charge >= 0.3 is 0 Å². The maximum Gasteiger partial charge on any atom is 0.0701 e. The number of methoxy groups -OCH3 is 1. The number of ether oxygens (including phenoxy) is 3. The molecule has 0 spiro atoms. The van der Waals surface area contributed by atoms with E-state index in [-0.39, 0.29) is 5.54 Å². The first kappa shape index (κ1) is 15.9. The molecule has 1 saturated carbocycles. The largest absolute Gasteiger partial charge is 0.382 e. The predicted molar refractivity (Wildman–Crippen MR) is 72.8 cm³/mol. The smallest absolute Gasteiger partial charge is 0.0701 e. The van der Waals surface area contributed by atoms with E-state index < -0.39 is 0 Å². The van der Waals surface area contributed by atoms with Crippen molar-refractivity contribution in [1.29, 1.82) is 0 Å². The maximum absolute atomic E-state index is 6.41. The van der Waals surface area contributed by atoms with Gasteiger partial charge in [-0.15, -0.1) is 0 Å². The number of hydrogen-bond donors (Lipinski definition) is 1. The molecule has 2 N–H and O–H groups in total.